The molecule has 1 saturated carbocycles. The highest BCUT2D eigenvalue weighted by molar-refractivity contribution is 9.09. The van der Waals surface area contributed by atoms with Gasteiger partial charge in [0, 0.05) is 4.88 Å². The summed E-state index contributed by atoms with van der Waals surface area (Å²) in [6, 6.07) is 2.27. The molecule has 0 aliphatic heterocycles. The summed E-state index contributed by atoms with van der Waals surface area (Å²) < 4.78 is 0.951. The maximum absolute atomic E-state index is 6.23. The minimum absolute atomic E-state index is 0.453. The van der Waals surface area contributed by atoms with E-state index in [0.717, 1.165) is 10.3 Å². The van der Waals surface area contributed by atoms with Crippen LogP contribution in [0.1, 0.15) is 61.2 Å². The van der Waals surface area contributed by atoms with Gasteiger partial charge in [-0.1, -0.05) is 54.2 Å². The second kappa shape index (κ2) is 5.85. The number of halogens is 2. The van der Waals surface area contributed by atoms with E-state index in [2.05, 4.69) is 42.8 Å². The molecule has 102 valence electrons. The molecule has 0 saturated heterocycles. The average Bonchev–Trinajstić information content (AvgIpc) is 2.86. The molecular weight excluding hydrogens is 328 g/mol. The Balaban J connectivity index is 2.25. The fourth-order valence-electron chi connectivity index (χ4n) is 3.36. The van der Waals surface area contributed by atoms with Gasteiger partial charge in [0.05, 0.1) is 9.16 Å². The molecule has 3 heteroatoms. The van der Waals surface area contributed by atoms with Crippen molar-refractivity contribution in [3.8, 4) is 0 Å². The van der Waals surface area contributed by atoms with Gasteiger partial charge in [0.15, 0.2) is 0 Å². The topological polar surface area (TPSA) is 0 Å². The number of alkyl halides is 1. The monoisotopic (exact) mass is 348 g/mol. The first kappa shape index (κ1) is 14.9. The molecule has 2 rings (SSSR count). The molecule has 1 unspecified atom stereocenters. The van der Waals surface area contributed by atoms with Crippen molar-refractivity contribution >= 4 is 38.9 Å². The summed E-state index contributed by atoms with van der Waals surface area (Å²) in [5.41, 5.74) is 1.67. The molecule has 1 aromatic heterocycles. The van der Waals surface area contributed by atoms with E-state index >= 15 is 0 Å². The lowest BCUT2D eigenvalue weighted by atomic mass is 9.75. The third-order valence-corrected chi connectivity index (χ3v) is 7.47. The predicted molar refractivity (Wildman–Crippen MR) is 86.1 cm³/mol. The van der Waals surface area contributed by atoms with E-state index in [0.29, 0.717) is 10.2 Å². The van der Waals surface area contributed by atoms with Crippen molar-refractivity contribution in [2.45, 2.75) is 57.7 Å². The summed E-state index contributed by atoms with van der Waals surface area (Å²) >= 11 is 12.0. The standard InChI is InChI=1S/C15H22BrClS/c1-10(2)9-15(6-4-5-7-15)13(16)12-8-11(3)14(17)18-12/h8,10,13H,4-7,9H2,1-3H3. The molecule has 0 nitrogen and oxygen atoms in total. The number of thiophene rings is 1. The summed E-state index contributed by atoms with van der Waals surface area (Å²) in [7, 11) is 0. The Kier molecular flexibility index (Phi) is 4.83. The summed E-state index contributed by atoms with van der Waals surface area (Å²) in [4.78, 5) is 1.89. The van der Waals surface area contributed by atoms with Crippen LogP contribution in [0.2, 0.25) is 4.34 Å². The van der Waals surface area contributed by atoms with Crippen molar-refractivity contribution in [2.24, 2.45) is 11.3 Å². The SMILES string of the molecule is Cc1cc(C(Br)C2(CC(C)C)CCCC2)sc1Cl. The second-order valence-corrected chi connectivity index (χ2v) is 8.74. The van der Waals surface area contributed by atoms with Crippen LogP contribution in [-0.4, -0.2) is 0 Å². The first-order chi connectivity index (χ1) is 8.44. The van der Waals surface area contributed by atoms with E-state index in [4.69, 9.17) is 11.6 Å². The summed E-state index contributed by atoms with van der Waals surface area (Å²) in [6.45, 7) is 6.78. The van der Waals surface area contributed by atoms with Crippen LogP contribution in [0.3, 0.4) is 0 Å². The van der Waals surface area contributed by atoms with Crippen molar-refractivity contribution in [2.75, 3.05) is 0 Å². The number of hydrogen-bond acceptors (Lipinski definition) is 1. The molecule has 1 aliphatic carbocycles. The Bertz CT molecular complexity index is 385. The van der Waals surface area contributed by atoms with Crippen LogP contribution in [0.15, 0.2) is 6.07 Å². The predicted octanol–water partition coefficient (Wildman–Crippen LogP) is 6.75. The highest BCUT2D eigenvalue weighted by Gasteiger charge is 2.41. The Morgan fingerprint density at radius 1 is 1.39 bits per heavy atom. The molecule has 1 aliphatic rings. The Morgan fingerprint density at radius 2 is 2.00 bits per heavy atom. The van der Waals surface area contributed by atoms with Crippen molar-refractivity contribution < 1.29 is 0 Å². The second-order valence-electron chi connectivity index (χ2n) is 6.14. The average molecular weight is 350 g/mol. The van der Waals surface area contributed by atoms with Gasteiger partial charge in [0.25, 0.3) is 0 Å². The molecule has 0 amide bonds. The molecule has 1 heterocycles. The maximum atomic E-state index is 6.23. The molecule has 1 fully saturated rings. The van der Waals surface area contributed by atoms with E-state index in [-0.39, 0.29) is 0 Å². The van der Waals surface area contributed by atoms with Crippen LogP contribution in [-0.2, 0) is 0 Å². The van der Waals surface area contributed by atoms with Crippen molar-refractivity contribution in [1.29, 1.82) is 0 Å². The Hall–Kier alpha value is 0.470. The zero-order valence-electron chi connectivity index (χ0n) is 11.4. The third kappa shape index (κ3) is 2.96. The Morgan fingerprint density at radius 3 is 2.44 bits per heavy atom. The minimum atomic E-state index is 0.453. The number of rotatable bonds is 4. The van der Waals surface area contributed by atoms with Crippen LogP contribution in [0, 0.1) is 18.3 Å². The molecule has 0 radical (unpaired) electrons. The number of aryl methyl sites for hydroxylation is 1. The smallest absolute Gasteiger partial charge is 0.0960 e. The van der Waals surface area contributed by atoms with Crippen LogP contribution in [0.25, 0.3) is 0 Å². The summed E-state index contributed by atoms with van der Waals surface area (Å²) in [5.74, 6) is 0.764. The lowest BCUT2D eigenvalue weighted by molar-refractivity contribution is 0.232. The summed E-state index contributed by atoms with van der Waals surface area (Å²) in [5, 5.41) is 0. The molecule has 0 spiro atoms. The van der Waals surface area contributed by atoms with E-state index in [1.54, 1.807) is 11.3 Å². The van der Waals surface area contributed by atoms with Gasteiger partial charge in [-0.2, -0.15) is 0 Å². The van der Waals surface area contributed by atoms with Gasteiger partial charge in [-0.05, 0) is 49.1 Å². The van der Waals surface area contributed by atoms with Crippen LogP contribution >= 0.6 is 38.9 Å². The van der Waals surface area contributed by atoms with E-state index in [1.165, 1.54) is 42.5 Å². The van der Waals surface area contributed by atoms with Gasteiger partial charge >= 0.3 is 0 Å². The largest absolute Gasteiger partial charge is 0.127 e. The van der Waals surface area contributed by atoms with Gasteiger partial charge < -0.3 is 0 Å². The molecule has 0 N–H and O–H groups in total. The molecule has 0 bridgehead atoms. The molecule has 1 aromatic rings. The quantitative estimate of drug-likeness (QED) is 0.527. The lowest BCUT2D eigenvalue weighted by Crippen LogP contribution is -2.24. The highest BCUT2D eigenvalue weighted by atomic mass is 79.9. The lowest BCUT2D eigenvalue weighted by Gasteiger charge is -2.35. The highest BCUT2D eigenvalue weighted by Crippen LogP contribution is 2.56. The van der Waals surface area contributed by atoms with Gasteiger partial charge in [-0.15, -0.1) is 11.3 Å². The van der Waals surface area contributed by atoms with Crippen molar-refractivity contribution in [1.82, 2.24) is 0 Å². The summed E-state index contributed by atoms with van der Waals surface area (Å²) in [6.07, 6.45) is 6.79. The fraction of sp³-hybridized carbons (Fsp3) is 0.733. The van der Waals surface area contributed by atoms with Crippen molar-refractivity contribution in [3.63, 3.8) is 0 Å². The first-order valence-electron chi connectivity index (χ1n) is 6.84. The van der Waals surface area contributed by atoms with Gasteiger partial charge in [-0.3, -0.25) is 0 Å². The first-order valence-corrected chi connectivity index (χ1v) is 8.95. The Labute approximate surface area is 128 Å². The van der Waals surface area contributed by atoms with Gasteiger partial charge in [0.2, 0.25) is 0 Å². The molecular formula is C15H22BrClS. The fourth-order valence-corrected chi connectivity index (χ4v) is 5.76. The zero-order chi connectivity index (χ0) is 13.3. The molecule has 18 heavy (non-hydrogen) atoms. The third-order valence-electron chi connectivity index (χ3n) is 4.08. The molecule has 1 atom stereocenters. The van der Waals surface area contributed by atoms with E-state index in [1.807, 2.05) is 0 Å². The van der Waals surface area contributed by atoms with Crippen LogP contribution in [0.4, 0.5) is 0 Å². The normalized spacial score (nSPS) is 20.6. The maximum Gasteiger partial charge on any atom is 0.0960 e. The molecule has 0 aromatic carbocycles. The number of hydrogen-bond donors (Lipinski definition) is 0. The van der Waals surface area contributed by atoms with Gasteiger partial charge in [-0.25, -0.2) is 0 Å². The van der Waals surface area contributed by atoms with E-state index < -0.39 is 0 Å². The zero-order valence-corrected chi connectivity index (χ0v) is 14.6. The van der Waals surface area contributed by atoms with E-state index in [9.17, 15) is 0 Å². The van der Waals surface area contributed by atoms with Gasteiger partial charge in [0.1, 0.15) is 0 Å². The van der Waals surface area contributed by atoms with Crippen LogP contribution in [0.5, 0.6) is 0 Å². The van der Waals surface area contributed by atoms with Crippen LogP contribution < -0.4 is 0 Å². The minimum Gasteiger partial charge on any atom is -0.127 e. The van der Waals surface area contributed by atoms with Crippen molar-refractivity contribution in [3.05, 3.63) is 20.8 Å².